The topological polar surface area (TPSA) is 72.2 Å². The maximum atomic E-state index is 12.9. The summed E-state index contributed by atoms with van der Waals surface area (Å²) >= 11 is 3.59. The van der Waals surface area contributed by atoms with E-state index < -0.39 is 15.8 Å². The monoisotopic (exact) mass is 322 g/mol. The summed E-state index contributed by atoms with van der Waals surface area (Å²) in [5, 5.41) is 0.273. The number of rotatable bonds is 4. The molecule has 8 heteroatoms. The maximum Gasteiger partial charge on any atom is 0.242 e. The molecule has 0 spiro atoms. The summed E-state index contributed by atoms with van der Waals surface area (Å²) in [5.74, 6) is 2.54. The lowest BCUT2D eigenvalue weighted by Crippen LogP contribution is -2.33. The van der Waals surface area contributed by atoms with Crippen molar-refractivity contribution in [1.29, 1.82) is 0 Å². The average molecular weight is 322 g/mol. The predicted octanol–water partition coefficient (Wildman–Crippen LogP) is 1.53. The largest absolute Gasteiger partial charge is 0.398 e. The van der Waals surface area contributed by atoms with Gasteiger partial charge in [-0.05, 0) is 18.2 Å². The molecule has 1 aliphatic heterocycles. The number of thioether (sulfide) groups is 2. The fourth-order valence-electron chi connectivity index (χ4n) is 1.70. The number of benzene rings is 1. The van der Waals surface area contributed by atoms with Gasteiger partial charge in [-0.25, -0.2) is 17.5 Å². The van der Waals surface area contributed by atoms with Gasteiger partial charge in [0.2, 0.25) is 10.0 Å². The molecule has 0 aromatic heterocycles. The highest BCUT2D eigenvalue weighted by Gasteiger charge is 2.21. The molecule has 0 radical (unpaired) electrons. The van der Waals surface area contributed by atoms with E-state index in [0.717, 1.165) is 29.4 Å². The van der Waals surface area contributed by atoms with Crippen LogP contribution in [-0.2, 0) is 10.0 Å². The molecule has 1 unspecified atom stereocenters. The van der Waals surface area contributed by atoms with Gasteiger partial charge in [0.05, 0.1) is 5.69 Å². The highest BCUT2D eigenvalue weighted by atomic mass is 32.2. The third-order valence-corrected chi connectivity index (χ3v) is 6.99. The number of nitrogens with one attached hydrogen (secondary N) is 1. The molecular weight excluding hydrogens is 307 g/mol. The van der Waals surface area contributed by atoms with Crippen molar-refractivity contribution < 1.29 is 12.8 Å². The minimum atomic E-state index is -3.67. The molecule has 1 heterocycles. The van der Waals surface area contributed by atoms with Crippen molar-refractivity contribution in [1.82, 2.24) is 4.72 Å². The summed E-state index contributed by atoms with van der Waals surface area (Å²) in [5.41, 5.74) is 5.48. The third-order valence-electron chi connectivity index (χ3n) is 2.65. The van der Waals surface area contributed by atoms with Crippen molar-refractivity contribution in [2.24, 2.45) is 0 Å². The Hall–Kier alpha value is -0.440. The second kappa shape index (κ2) is 6.34. The molecule has 1 aromatic carbocycles. The van der Waals surface area contributed by atoms with Gasteiger partial charge in [-0.15, -0.1) is 0 Å². The van der Waals surface area contributed by atoms with Crippen LogP contribution in [0.25, 0.3) is 0 Å². The standard InChI is InChI=1S/C11H15FN2O2S3/c12-8-1-2-11(10(13)5-8)19(15,16)14-6-9-7-17-3-4-18-9/h1-2,5,9,14H,3-4,6-7,13H2. The van der Waals surface area contributed by atoms with Crippen molar-refractivity contribution >= 4 is 39.2 Å². The van der Waals surface area contributed by atoms with E-state index in [1.807, 2.05) is 11.8 Å². The van der Waals surface area contributed by atoms with Gasteiger partial charge < -0.3 is 5.73 Å². The van der Waals surface area contributed by atoms with Crippen molar-refractivity contribution in [2.45, 2.75) is 10.1 Å². The van der Waals surface area contributed by atoms with E-state index in [9.17, 15) is 12.8 Å². The Kier molecular flexibility index (Phi) is 4.99. The van der Waals surface area contributed by atoms with Gasteiger partial charge in [-0.2, -0.15) is 23.5 Å². The first-order valence-corrected chi connectivity index (χ1v) is 9.42. The molecule has 106 valence electrons. The molecule has 4 nitrogen and oxygen atoms in total. The molecule has 0 aliphatic carbocycles. The summed E-state index contributed by atoms with van der Waals surface area (Å²) in [6.45, 7) is 0.372. The number of nitrogen functional groups attached to an aromatic ring is 1. The Balaban J connectivity index is 2.05. The Morgan fingerprint density at radius 2 is 2.21 bits per heavy atom. The molecule has 1 fully saturated rings. The van der Waals surface area contributed by atoms with Crippen molar-refractivity contribution in [3.8, 4) is 0 Å². The van der Waals surface area contributed by atoms with Crippen LogP contribution < -0.4 is 10.5 Å². The van der Waals surface area contributed by atoms with Gasteiger partial charge in [0.15, 0.2) is 0 Å². The van der Waals surface area contributed by atoms with E-state index in [0.29, 0.717) is 6.54 Å². The van der Waals surface area contributed by atoms with Crippen LogP contribution in [-0.4, -0.2) is 37.5 Å². The summed E-state index contributed by atoms with van der Waals surface area (Å²) in [4.78, 5) is -0.0673. The summed E-state index contributed by atoms with van der Waals surface area (Å²) in [7, 11) is -3.67. The zero-order chi connectivity index (χ0) is 13.9. The lowest BCUT2D eigenvalue weighted by Gasteiger charge is -2.21. The molecule has 2 rings (SSSR count). The Morgan fingerprint density at radius 3 is 2.84 bits per heavy atom. The van der Waals surface area contributed by atoms with Crippen LogP contribution >= 0.6 is 23.5 Å². The summed E-state index contributed by atoms with van der Waals surface area (Å²) < 4.78 is 39.6. The van der Waals surface area contributed by atoms with Gasteiger partial charge in [0.25, 0.3) is 0 Å². The van der Waals surface area contributed by atoms with E-state index in [4.69, 9.17) is 5.73 Å². The van der Waals surface area contributed by atoms with Crippen LogP contribution in [0.5, 0.6) is 0 Å². The van der Waals surface area contributed by atoms with Gasteiger partial charge in [0, 0.05) is 29.1 Å². The minimum absolute atomic E-state index is 0.0673. The second-order valence-electron chi connectivity index (χ2n) is 4.10. The predicted molar refractivity (Wildman–Crippen MR) is 79.6 cm³/mol. The Morgan fingerprint density at radius 1 is 1.42 bits per heavy atom. The molecular formula is C11H15FN2O2S3. The molecule has 1 saturated heterocycles. The van der Waals surface area contributed by atoms with E-state index in [1.165, 1.54) is 6.07 Å². The van der Waals surface area contributed by atoms with Crippen molar-refractivity contribution in [3.63, 3.8) is 0 Å². The zero-order valence-corrected chi connectivity index (χ0v) is 12.6. The van der Waals surface area contributed by atoms with Gasteiger partial charge in [0.1, 0.15) is 10.7 Å². The Bertz CT molecular complexity index is 545. The first-order chi connectivity index (χ1) is 8.99. The lowest BCUT2D eigenvalue weighted by atomic mass is 10.3. The minimum Gasteiger partial charge on any atom is -0.398 e. The zero-order valence-electron chi connectivity index (χ0n) is 10.1. The Labute approximate surface area is 120 Å². The van der Waals surface area contributed by atoms with Crippen LogP contribution in [0.1, 0.15) is 0 Å². The highest BCUT2D eigenvalue weighted by Crippen LogP contribution is 2.24. The van der Waals surface area contributed by atoms with Crippen molar-refractivity contribution in [3.05, 3.63) is 24.0 Å². The van der Waals surface area contributed by atoms with Crippen LogP contribution in [0.2, 0.25) is 0 Å². The van der Waals surface area contributed by atoms with E-state index in [1.54, 1.807) is 11.8 Å². The average Bonchev–Trinajstić information content (AvgIpc) is 2.37. The molecule has 0 bridgehead atoms. The van der Waals surface area contributed by atoms with Crippen LogP contribution in [0.4, 0.5) is 10.1 Å². The van der Waals surface area contributed by atoms with Gasteiger partial charge in [-0.1, -0.05) is 0 Å². The van der Waals surface area contributed by atoms with Crippen LogP contribution in [0.3, 0.4) is 0 Å². The number of halogens is 1. The molecule has 19 heavy (non-hydrogen) atoms. The molecule has 1 atom stereocenters. The second-order valence-corrected chi connectivity index (χ2v) is 8.40. The lowest BCUT2D eigenvalue weighted by molar-refractivity contribution is 0.581. The third kappa shape index (κ3) is 4.01. The first-order valence-electron chi connectivity index (χ1n) is 5.73. The fourth-order valence-corrected chi connectivity index (χ4v) is 5.61. The van der Waals surface area contributed by atoms with Gasteiger partial charge in [-0.3, -0.25) is 0 Å². The number of sulfonamides is 1. The number of hydrogen-bond donors (Lipinski definition) is 2. The molecule has 0 amide bonds. The maximum absolute atomic E-state index is 12.9. The summed E-state index contributed by atoms with van der Waals surface area (Å²) in [6.07, 6.45) is 0. The van der Waals surface area contributed by atoms with Crippen LogP contribution in [0.15, 0.2) is 23.1 Å². The highest BCUT2D eigenvalue weighted by molar-refractivity contribution is 8.06. The number of nitrogens with two attached hydrogens (primary N) is 1. The molecule has 1 aromatic rings. The first kappa shape index (κ1) is 15.0. The smallest absolute Gasteiger partial charge is 0.242 e. The van der Waals surface area contributed by atoms with E-state index in [-0.39, 0.29) is 15.8 Å². The fraction of sp³-hybridized carbons (Fsp3) is 0.455. The SMILES string of the molecule is Nc1cc(F)ccc1S(=O)(=O)NCC1CSCCS1. The molecule has 1 aliphatic rings. The van der Waals surface area contributed by atoms with Crippen LogP contribution in [0, 0.1) is 5.82 Å². The normalized spacial score (nSPS) is 20.4. The van der Waals surface area contributed by atoms with Crippen molar-refractivity contribution in [2.75, 3.05) is 29.5 Å². The molecule has 0 saturated carbocycles. The summed E-state index contributed by atoms with van der Waals surface area (Å²) in [6, 6.07) is 3.30. The molecule has 3 N–H and O–H groups in total. The number of hydrogen-bond acceptors (Lipinski definition) is 5. The van der Waals surface area contributed by atoms with Gasteiger partial charge >= 0.3 is 0 Å². The van der Waals surface area contributed by atoms with E-state index >= 15 is 0 Å². The van der Waals surface area contributed by atoms with E-state index in [2.05, 4.69) is 4.72 Å². The number of anilines is 1. The quantitative estimate of drug-likeness (QED) is 0.823.